The molecule has 0 spiro atoms. The molecule has 0 bridgehead atoms. The molecule has 2 aliphatic rings. The van der Waals surface area contributed by atoms with Gasteiger partial charge in [-0.2, -0.15) is 0 Å². The van der Waals surface area contributed by atoms with Crippen molar-refractivity contribution in [2.75, 3.05) is 39.3 Å². The van der Waals surface area contributed by atoms with Crippen LogP contribution in [-0.2, 0) is 4.74 Å². The van der Waals surface area contributed by atoms with E-state index in [4.69, 9.17) is 4.74 Å². The standard InChI is InChI=1S/C11H20F2N2O/c12-11(13)2-5-15(6-3-11)7-8-16-10-1-4-14-9-10/h10,14H,1-9H2. The van der Waals surface area contributed by atoms with Gasteiger partial charge >= 0.3 is 0 Å². The third-order valence-electron chi connectivity index (χ3n) is 3.36. The lowest BCUT2D eigenvalue weighted by molar-refractivity contribution is -0.0606. The minimum Gasteiger partial charge on any atom is -0.376 e. The van der Waals surface area contributed by atoms with Gasteiger partial charge in [0.15, 0.2) is 0 Å². The first-order chi connectivity index (χ1) is 7.66. The third-order valence-corrected chi connectivity index (χ3v) is 3.36. The monoisotopic (exact) mass is 234 g/mol. The van der Waals surface area contributed by atoms with E-state index in [0.717, 1.165) is 26.1 Å². The maximum absolute atomic E-state index is 12.9. The van der Waals surface area contributed by atoms with Crippen LogP contribution in [0.1, 0.15) is 19.3 Å². The van der Waals surface area contributed by atoms with Gasteiger partial charge in [0, 0.05) is 39.0 Å². The molecule has 0 aliphatic carbocycles. The highest BCUT2D eigenvalue weighted by Crippen LogP contribution is 2.27. The fourth-order valence-corrected chi connectivity index (χ4v) is 2.22. The topological polar surface area (TPSA) is 24.5 Å². The van der Waals surface area contributed by atoms with Crippen LogP contribution in [0.3, 0.4) is 0 Å². The number of alkyl halides is 2. The molecule has 94 valence electrons. The summed E-state index contributed by atoms with van der Waals surface area (Å²) in [6.45, 7) is 4.40. The fourth-order valence-electron chi connectivity index (χ4n) is 2.22. The van der Waals surface area contributed by atoms with Gasteiger partial charge in [0.25, 0.3) is 5.92 Å². The molecule has 0 amide bonds. The summed E-state index contributed by atoms with van der Waals surface area (Å²) in [4.78, 5) is 2.07. The Hall–Kier alpha value is -0.260. The molecular formula is C11H20F2N2O. The zero-order valence-corrected chi connectivity index (χ0v) is 9.55. The summed E-state index contributed by atoms with van der Waals surface area (Å²) in [5.41, 5.74) is 0. The van der Waals surface area contributed by atoms with Crippen LogP contribution in [0.15, 0.2) is 0 Å². The first-order valence-electron chi connectivity index (χ1n) is 6.08. The Morgan fingerprint density at radius 3 is 2.69 bits per heavy atom. The number of hydrogen-bond acceptors (Lipinski definition) is 3. The van der Waals surface area contributed by atoms with Crippen molar-refractivity contribution in [3.63, 3.8) is 0 Å². The third kappa shape index (κ3) is 3.64. The van der Waals surface area contributed by atoms with E-state index in [1.165, 1.54) is 0 Å². The molecular weight excluding hydrogens is 214 g/mol. The Kier molecular flexibility index (Phi) is 4.10. The zero-order valence-electron chi connectivity index (χ0n) is 9.55. The number of ether oxygens (including phenoxy) is 1. The van der Waals surface area contributed by atoms with Crippen molar-refractivity contribution < 1.29 is 13.5 Å². The van der Waals surface area contributed by atoms with Crippen molar-refractivity contribution in [1.29, 1.82) is 0 Å². The van der Waals surface area contributed by atoms with Gasteiger partial charge in [0.05, 0.1) is 12.7 Å². The van der Waals surface area contributed by atoms with Crippen LogP contribution in [0.5, 0.6) is 0 Å². The summed E-state index contributed by atoms with van der Waals surface area (Å²) in [7, 11) is 0. The molecule has 2 aliphatic heterocycles. The van der Waals surface area contributed by atoms with E-state index in [0.29, 0.717) is 25.8 Å². The summed E-state index contributed by atoms with van der Waals surface area (Å²) in [5.74, 6) is -2.44. The van der Waals surface area contributed by atoms with Crippen molar-refractivity contribution in [2.45, 2.75) is 31.3 Å². The predicted molar refractivity (Wildman–Crippen MR) is 57.8 cm³/mol. The number of likely N-dealkylation sites (tertiary alicyclic amines) is 1. The highest BCUT2D eigenvalue weighted by atomic mass is 19.3. The Bertz CT molecular complexity index is 210. The van der Waals surface area contributed by atoms with Gasteiger partial charge in [-0.3, -0.25) is 0 Å². The number of rotatable bonds is 4. The predicted octanol–water partition coefficient (Wildman–Crippen LogP) is 1.10. The minimum absolute atomic E-state index is 0.00200. The Labute approximate surface area is 95.1 Å². The molecule has 1 N–H and O–H groups in total. The first kappa shape index (κ1) is 12.2. The Morgan fingerprint density at radius 1 is 1.31 bits per heavy atom. The molecule has 1 atom stereocenters. The van der Waals surface area contributed by atoms with E-state index in [2.05, 4.69) is 10.2 Å². The highest BCUT2D eigenvalue weighted by Gasteiger charge is 2.33. The Morgan fingerprint density at radius 2 is 2.06 bits per heavy atom. The number of piperidine rings is 1. The highest BCUT2D eigenvalue weighted by molar-refractivity contribution is 4.77. The van der Waals surface area contributed by atoms with Crippen LogP contribution in [0.2, 0.25) is 0 Å². The first-order valence-corrected chi connectivity index (χ1v) is 6.08. The number of halogens is 2. The van der Waals surface area contributed by atoms with E-state index in [-0.39, 0.29) is 12.8 Å². The lowest BCUT2D eigenvalue weighted by Crippen LogP contribution is -2.41. The van der Waals surface area contributed by atoms with E-state index in [1.807, 2.05) is 0 Å². The summed E-state index contributed by atoms with van der Waals surface area (Å²) >= 11 is 0. The maximum Gasteiger partial charge on any atom is 0.250 e. The molecule has 5 heteroatoms. The molecule has 0 saturated carbocycles. The van der Waals surface area contributed by atoms with Crippen LogP contribution in [0, 0.1) is 0 Å². The summed E-state index contributed by atoms with van der Waals surface area (Å²) < 4.78 is 31.4. The average Bonchev–Trinajstić information content (AvgIpc) is 2.73. The maximum atomic E-state index is 12.9. The summed E-state index contributed by atoms with van der Waals surface area (Å²) in [5, 5.41) is 3.23. The van der Waals surface area contributed by atoms with Crippen molar-refractivity contribution in [3.05, 3.63) is 0 Å². The number of hydrogen-bond donors (Lipinski definition) is 1. The SMILES string of the molecule is FC1(F)CCN(CCOC2CCNC2)CC1. The van der Waals surface area contributed by atoms with Crippen LogP contribution < -0.4 is 5.32 Å². The van der Waals surface area contributed by atoms with Crippen molar-refractivity contribution in [2.24, 2.45) is 0 Å². The van der Waals surface area contributed by atoms with Gasteiger partial charge < -0.3 is 15.0 Å². The van der Waals surface area contributed by atoms with Gasteiger partial charge in [-0.1, -0.05) is 0 Å². The molecule has 16 heavy (non-hydrogen) atoms. The second-order valence-corrected chi connectivity index (χ2v) is 4.68. The molecule has 2 heterocycles. The smallest absolute Gasteiger partial charge is 0.250 e. The van der Waals surface area contributed by atoms with Crippen LogP contribution >= 0.6 is 0 Å². The summed E-state index contributed by atoms with van der Waals surface area (Å²) in [6, 6.07) is 0. The second-order valence-electron chi connectivity index (χ2n) is 4.68. The van der Waals surface area contributed by atoms with Crippen LogP contribution in [0.4, 0.5) is 8.78 Å². The molecule has 2 rings (SSSR count). The number of nitrogens with zero attached hydrogens (tertiary/aromatic N) is 1. The quantitative estimate of drug-likeness (QED) is 0.788. The van der Waals surface area contributed by atoms with Gasteiger partial charge in [0.1, 0.15) is 0 Å². The van der Waals surface area contributed by atoms with Gasteiger partial charge in [-0.05, 0) is 13.0 Å². The van der Waals surface area contributed by atoms with Gasteiger partial charge in [0.2, 0.25) is 0 Å². The van der Waals surface area contributed by atoms with Crippen molar-refractivity contribution >= 4 is 0 Å². The molecule has 0 radical (unpaired) electrons. The molecule has 2 fully saturated rings. The lowest BCUT2D eigenvalue weighted by atomic mass is 10.1. The molecule has 2 saturated heterocycles. The number of nitrogens with one attached hydrogen (secondary N) is 1. The zero-order chi connectivity index (χ0) is 11.4. The summed E-state index contributed by atoms with van der Waals surface area (Å²) in [6.07, 6.45) is 1.39. The van der Waals surface area contributed by atoms with E-state index < -0.39 is 5.92 Å². The largest absolute Gasteiger partial charge is 0.376 e. The molecule has 0 aromatic rings. The normalized spacial score (nSPS) is 30.8. The van der Waals surface area contributed by atoms with E-state index in [1.54, 1.807) is 0 Å². The van der Waals surface area contributed by atoms with Crippen LogP contribution in [-0.4, -0.2) is 56.3 Å². The second kappa shape index (κ2) is 5.38. The molecule has 0 aromatic carbocycles. The van der Waals surface area contributed by atoms with E-state index in [9.17, 15) is 8.78 Å². The van der Waals surface area contributed by atoms with Crippen molar-refractivity contribution in [3.8, 4) is 0 Å². The van der Waals surface area contributed by atoms with E-state index >= 15 is 0 Å². The van der Waals surface area contributed by atoms with Crippen molar-refractivity contribution in [1.82, 2.24) is 10.2 Å². The molecule has 0 aromatic heterocycles. The lowest BCUT2D eigenvalue weighted by Gasteiger charge is -2.31. The van der Waals surface area contributed by atoms with Crippen LogP contribution in [0.25, 0.3) is 0 Å². The average molecular weight is 234 g/mol. The van der Waals surface area contributed by atoms with Gasteiger partial charge in [-0.15, -0.1) is 0 Å². The van der Waals surface area contributed by atoms with Gasteiger partial charge in [-0.25, -0.2) is 8.78 Å². The Balaban J connectivity index is 1.56. The fraction of sp³-hybridized carbons (Fsp3) is 1.00. The molecule has 3 nitrogen and oxygen atoms in total. The molecule has 1 unspecified atom stereocenters. The minimum atomic E-state index is -2.44.